The molecule has 114 valence electrons. The van der Waals surface area contributed by atoms with Gasteiger partial charge in [0.05, 0.1) is 0 Å². The van der Waals surface area contributed by atoms with Crippen LogP contribution in [0.5, 0.6) is 0 Å². The summed E-state index contributed by atoms with van der Waals surface area (Å²) in [5.41, 5.74) is 0. The van der Waals surface area contributed by atoms with Crippen LogP contribution in [0.3, 0.4) is 0 Å². The van der Waals surface area contributed by atoms with Crippen molar-refractivity contribution in [1.82, 2.24) is 9.55 Å². The molecule has 1 aromatic heterocycles. The van der Waals surface area contributed by atoms with Crippen LogP contribution < -0.4 is 0 Å². The standard InChI is InChI=1S/C14H23ClN2O2S/c1-11(2)14-16-13(20(15,18)19)10-17(14)9-8-12-6-4-3-5-7-12/h10-12H,3-9H2,1-2H3. The van der Waals surface area contributed by atoms with E-state index in [2.05, 4.69) is 4.98 Å². The summed E-state index contributed by atoms with van der Waals surface area (Å²) >= 11 is 0. The molecular formula is C14H23ClN2O2S. The number of imidazole rings is 1. The number of hydrogen-bond donors (Lipinski definition) is 0. The molecule has 0 unspecified atom stereocenters. The molecule has 0 aliphatic heterocycles. The van der Waals surface area contributed by atoms with E-state index in [-0.39, 0.29) is 10.9 Å². The molecule has 0 N–H and O–H groups in total. The van der Waals surface area contributed by atoms with Gasteiger partial charge >= 0.3 is 0 Å². The zero-order chi connectivity index (χ0) is 14.8. The van der Waals surface area contributed by atoms with Crippen molar-refractivity contribution in [2.24, 2.45) is 5.92 Å². The van der Waals surface area contributed by atoms with Crippen LogP contribution in [0.2, 0.25) is 0 Å². The minimum atomic E-state index is -3.74. The van der Waals surface area contributed by atoms with E-state index in [1.54, 1.807) is 6.20 Å². The first-order chi connectivity index (χ1) is 9.38. The van der Waals surface area contributed by atoms with E-state index < -0.39 is 9.05 Å². The SMILES string of the molecule is CC(C)c1nc(S(=O)(=O)Cl)cn1CCC1CCCCC1. The van der Waals surface area contributed by atoms with E-state index in [0.717, 1.165) is 24.7 Å². The van der Waals surface area contributed by atoms with Gasteiger partial charge in [-0.15, -0.1) is 0 Å². The Bertz CT molecular complexity index is 546. The van der Waals surface area contributed by atoms with Crippen molar-refractivity contribution >= 4 is 19.7 Å². The highest BCUT2D eigenvalue weighted by Crippen LogP contribution is 2.28. The summed E-state index contributed by atoms with van der Waals surface area (Å²) in [5, 5.41) is -0.0217. The number of rotatable bonds is 5. The lowest BCUT2D eigenvalue weighted by atomic mass is 9.87. The molecule has 1 saturated carbocycles. The molecule has 1 aromatic rings. The molecule has 20 heavy (non-hydrogen) atoms. The van der Waals surface area contributed by atoms with Gasteiger partial charge in [0.2, 0.25) is 0 Å². The van der Waals surface area contributed by atoms with Crippen molar-refractivity contribution in [2.75, 3.05) is 0 Å². The highest BCUT2D eigenvalue weighted by Gasteiger charge is 2.20. The predicted octanol–water partition coefficient (Wildman–Crippen LogP) is 3.90. The van der Waals surface area contributed by atoms with Crippen LogP contribution in [-0.2, 0) is 15.6 Å². The smallest absolute Gasteiger partial charge is 0.280 e. The van der Waals surface area contributed by atoms with Gasteiger partial charge in [-0.05, 0) is 12.3 Å². The highest BCUT2D eigenvalue weighted by molar-refractivity contribution is 8.13. The lowest BCUT2D eigenvalue weighted by molar-refractivity contribution is 0.322. The molecule has 0 spiro atoms. The minimum absolute atomic E-state index is 0.0217. The van der Waals surface area contributed by atoms with Crippen molar-refractivity contribution in [1.29, 1.82) is 0 Å². The molecule has 1 fully saturated rings. The topological polar surface area (TPSA) is 52.0 Å². The zero-order valence-electron chi connectivity index (χ0n) is 12.2. The maximum Gasteiger partial charge on any atom is 0.280 e. The maximum absolute atomic E-state index is 11.4. The van der Waals surface area contributed by atoms with Crippen molar-refractivity contribution < 1.29 is 8.42 Å². The predicted molar refractivity (Wildman–Crippen MR) is 80.5 cm³/mol. The second-order valence-electron chi connectivity index (χ2n) is 6.02. The molecule has 1 aliphatic carbocycles. The van der Waals surface area contributed by atoms with Gasteiger partial charge < -0.3 is 4.57 Å². The van der Waals surface area contributed by atoms with Gasteiger partial charge in [0.25, 0.3) is 9.05 Å². The summed E-state index contributed by atoms with van der Waals surface area (Å²) in [7, 11) is 1.65. The first-order valence-corrected chi connectivity index (χ1v) is 9.70. The zero-order valence-corrected chi connectivity index (χ0v) is 13.8. The molecule has 2 rings (SSSR count). The van der Waals surface area contributed by atoms with E-state index in [0.29, 0.717) is 0 Å². The van der Waals surface area contributed by atoms with Crippen LogP contribution in [0.15, 0.2) is 11.2 Å². The molecule has 0 aromatic carbocycles. The average molecular weight is 319 g/mol. The molecule has 0 bridgehead atoms. The quantitative estimate of drug-likeness (QED) is 0.773. The molecular weight excluding hydrogens is 296 g/mol. The molecule has 0 saturated heterocycles. The monoisotopic (exact) mass is 318 g/mol. The van der Waals surface area contributed by atoms with E-state index in [9.17, 15) is 8.42 Å². The van der Waals surface area contributed by atoms with Crippen LogP contribution in [0.4, 0.5) is 0 Å². The van der Waals surface area contributed by atoms with Gasteiger partial charge in [0, 0.05) is 29.3 Å². The molecule has 0 radical (unpaired) electrons. The summed E-state index contributed by atoms with van der Waals surface area (Å²) in [6.07, 6.45) is 9.28. The van der Waals surface area contributed by atoms with Gasteiger partial charge in [-0.2, -0.15) is 0 Å². The van der Waals surface area contributed by atoms with E-state index in [4.69, 9.17) is 10.7 Å². The lowest BCUT2D eigenvalue weighted by Crippen LogP contribution is -2.12. The van der Waals surface area contributed by atoms with Crippen molar-refractivity contribution in [2.45, 2.75) is 69.9 Å². The largest absolute Gasteiger partial charge is 0.333 e. The molecule has 6 heteroatoms. The van der Waals surface area contributed by atoms with Crippen molar-refractivity contribution in [3.05, 3.63) is 12.0 Å². The van der Waals surface area contributed by atoms with Crippen LogP contribution in [0.1, 0.15) is 64.1 Å². The Hall–Kier alpha value is -0.550. The Morgan fingerprint density at radius 1 is 1.35 bits per heavy atom. The Morgan fingerprint density at radius 3 is 2.55 bits per heavy atom. The maximum atomic E-state index is 11.4. The fourth-order valence-corrected chi connectivity index (χ4v) is 3.64. The number of aryl methyl sites for hydroxylation is 1. The summed E-state index contributed by atoms with van der Waals surface area (Å²) in [5.74, 6) is 1.76. The first-order valence-electron chi connectivity index (χ1n) is 7.39. The molecule has 0 atom stereocenters. The summed E-state index contributed by atoms with van der Waals surface area (Å²) in [6.45, 7) is 4.87. The molecule has 4 nitrogen and oxygen atoms in total. The van der Waals surface area contributed by atoms with Gasteiger partial charge in [-0.1, -0.05) is 46.0 Å². The van der Waals surface area contributed by atoms with Gasteiger partial charge in [-0.3, -0.25) is 0 Å². The highest BCUT2D eigenvalue weighted by atomic mass is 35.7. The Kier molecular flexibility index (Phi) is 5.13. The first kappa shape index (κ1) is 15.8. The van der Waals surface area contributed by atoms with Crippen LogP contribution in [0, 0.1) is 5.92 Å². The van der Waals surface area contributed by atoms with Crippen LogP contribution in [-0.4, -0.2) is 18.0 Å². The second-order valence-corrected chi connectivity index (χ2v) is 8.53. The normalized spacial score (nSPS) is 17.8. The van der Waals surface area contributed by atoms with E-state index in [1.807, 2.05) is 18.4 Å². The minimum Gasteiger partial charge on any atom is -0.333 e. The van der Waals surface area contributed by atoms with E-state index in [1.165, 1.54) is 32.1 Å². The van der Waals surface area contributed by atoms with Gasteiger partial charge in [0.1, 0.15) is 5.82 Å². The Balaban J connectivity index is 2.11. The summed E-state index contributed by atoms with van der Waals surface area (Å²) < 4.78 is 24.8. The number of hydrogen-bond acceptors (Lipinski definition) is 3. The van der Waals surface area contributed by atoms with Crippen LogP contribution in [0.25, 0.3) is 0 Å². The number of aromatic nitrogens is 2. The van der Waals surface area contributed by atoms with Crippen molar-refractivity contribution in [3.8, 4) is 0 Å². The lowest BCUT2D eigenvalue weighted by Gasteiger charge is -2.22. The number of halogens is 1. The van der Waals surface area contributed by atoms with Crippen molar-refractivity contribution in [3.63, 3.8) is 0 Å². The Labute approximate surface area is 126 Å². The second kappa shape index (κ2) is 6.48. The fourth-order valence-electron chi connectivity index (χ4n) is 2.96. The molecule has 0 amide bonds. The third kappa shape index (κ3) is 3.98. The third-order valence-electron chi connectivity index (χ3n) is 4.05. The Morgan fingerprint density at radius 2 is 2.00 bits per heavy atom. The average Bonchev–Trinajstić information content (AvgIpc) is 2.82. The number of nitrogens with zero attached hydrogens (tertiary/aromatic N) is 2. The van der Waals surface area contributed by atoms with E-state index >= 15 is 0 Å². The third-order valence-corrected chi connectivity index (χ3v) is 5.23. The molecule has 1 heterocycles. The van der Waals surface area contributed by atoms with Crippen LogP contribution >= 0.6 is 10.7 Å². The fraction of sp³-hybridized carbons (Fsp3) is 0.786. The molecule has 1 aliphatic rings. The van der Waals surface area contributed by atoms with Gasteiger partial charge in [-0.25, -0.2) is 13.4 Å². The summed E-state index contributed by atoms with van der Waals surface area (Å²) in [6, 6.07) is 0. The van der Waals surface area contributed by atoms with Gasteiger partial charge in [0.15, 0.2) is 5.03 Å². The summed E-state index contributed by atoms with van der Waals surface area (Å²) in [4.78, 5) is 4.19.